The van der Waals surface area contributed by atoms with E-state index >= 15 is 4.79 Å². The van der Waals surface area contributed by atoms with Crippen LogP contribution in [0.5, 0.6) is 0 Å². The molecule has 6 fully saturated rings. The fraction of sp³-hybridized carbons (Fsp3) is 0.635. The van der Waals surface area contributed by atoms with Crippen LogP contribution in [0.15, 0.2) is 158 Å². The first-order valence-corrected chi connectivity index (χ1v) is 48.1. The molecular formula is C85H126O11Si4. The van der Waals surface area contributed by atoms with Crippen molar-refractivity contribution >= 4 is 59.8 Å². The molecule has 0 spiro atoms. The van der Waals surface area contributed by atoms with Crippen LogP contribution in [0.3, 0.4) is 0 Å². The molecule has 0 N–H and O–H groups in total. The van der Waals surface area contributed by atoms with Gasteiger partial charge in [0, 0.05) is 38.7 Å². The molecule has 11 rings (SSSR count). The van der Waals surface area contributed by atoms with E-state index in [1.165, 1.54) is 20.7 Å². The van der Waals surface area contributed by atoms with Gasteiger partial charge in [0.05, 0.1) is 61.0 Å². The second-order valence-corrected chi connectivity index (χ2v) is 53.0. The summed E-state index contributed by atoms with van der Waals surface area (Å²) in [5.41, 5.74) is 2.24. The molecule has 7 aliphatic heterocycles. The smallest absolute Gasteiger partial charge is 0.261 e. The number of rotatable bonds is 18. The summed E-state index contributed by atoms with van der Waals surface area (Å²) in [7, 11) is -11.0. The third-order valence-corrected chi connectivity index (χ3v) is 44.5. The summed E-state index contributed by atoms with van der Waals surface area (Å²) in [6.45, 7) is 49.7. The zero-order valence-electron chi connectivity index (χ0n) is 64.2. The lowest BCUT2D eigenvalue weighted by molar-refractivity contribution is -0.254. The fourth-order valence-corrected chi connectivity index (χ4v) is 31.4. The first-order valence-electron chi connectivity index (χ1n) is 38.8. The van der Waals surface area contributed by atoms with E-state index in [1.807, 2.05) is 0 Å². The Hall–Kier alpha value is -3.76. The minimum Gasteiger partial charge on any atom is -0.417 e. The minimum atomic E-state index is -3.38. The highest BCUT2D eigenvalue weighted by Crippen LogP contribution is 2.51. The summed E-state index contributed by atoms with van der Waals surface area (Å²) >= 11 is 0. The topological polar surface area (TPSA) is 109 Å². The van der Waals surface area contributed by atoms with Gasteiger partial charge in [0.1, 0.15) is 36.3 Å². The van der Waals surface area contributed by atoms with E-state index in [9.17, 15) is 0 Å². The van der Waals surface area contributed by atoms with E-state index < -0.39 is 81.0 Å². The number of Topliss-reactive ketones (excluding diaryl/α,β-unsaturated/α-hetero) is 1. The number of carbonyl (C=O) groups is 1. The number of ketones is 1. The lowest BCUT2D eigenvalue weighted by Crippen LogP contribution is -2.73. The largest absolute Gasteiger partial charge is 0.417 e. The van der Waals surface area contributed by atoms with Gasteiger partial charge < -0.3 is 46.1 Å². The molecule has 0 aliphatic carbocycles. The van der Waals surface area contributed by atoms with Gasteiger partial charge in [-0.1, -0.05) is 250 Å². The fourth-order valence-electron chi connectivity index (χ4n) is 18.1. The molecule has 548 valence electrons. The van der Waals surface area contributed by atoms with Crippen molar-refractivity contribution in [3.63, 3.8) is 0 Å². The van der Waals surface area contributed by atoms with E-state index in [1.54, 1.807) is 0 Å². The monoisotopic (exact) mass is 1430 g/mol. The first-order chi connectivity index (χ1) is 47.4. The molecule has 15 heteroatoms. The minimum absolute atomic E-state index is 0.0199. The highest BCUT2D eigenvalue weighted by Gasteiger charge is 2.65. The molecular weight excluding hydrogens is 1310 g/mol. The molecule has 0 saturated carbocycles. The number of benzene rings is 4. The molecule has 8 bridgehead atoms. The predicted molar refractivity (Wildman–Crippen MR) is 416 cm³/mol. The van der Waals surface area contributed by atoms with Gasteiger partial charge in [0.25, 0.3) is 16.6 Å². The molecule has 7 heterocycles. The third-order valence-electron chi connectivity index (χ3n) is 25.3. The second-order valence-electron chi connectivity index (χ2n) is 35.0. The van der Waals surface area contributed by atoms with Crippen molar-refractivity contribution in [1.82, 2.24) is 0 Å². The predicted octanol–water partition coefficient (Wildman–Crippen LogP) is 17.0. The van der Waals surface area contributed by atoms with Gasteiger partial charge in [-0.05, 0) is 140 Å². The van der Waals surface area contributed by atoms with E-state index in [0.717, 1.165) is 61.4 Å². The maximum atomic E-state index is 15.6. The summed E-state index contributed by atoms with van der Waals surface area (Å²) < 4.78 is 77.2. The Morgan fingerprint density at radius 1 is 0.520 bits per heavy atom. The molecule has 19 atom stereocenters. The van der Waals surface area contributed by atoms with Crippen molar-refractivity contribution in [3.05, 3.63) is 158 Å². The summed E-state index contributed by atoms with van der Waals surface area (Å²) in [4.78, 5) is 15.6. The summed E-state index contributed by atoms with van der Waals surface area (Å²) in [6, 6.07) is 46.9. The Bertz CT molecular complexity index is 3270. The van der Waals surface area contributed by atoms with Gasteiger partial charge in [0.15, 0.2) is 16.6 Å². The molecule has 100 heavy (non-hydrogen) atoms. The molecule has 4 aromatic rings. The second kappa shape index (κ2) is 31.7. The van der Waals surface area contributed by atoms with Gasteiger partial charge in [-0.3, -0.25) is 4.79 Å². The standard InChI is InChI=1S/C85H126O11Si4/c1-20-98(21-2,22-3)94-66-44-43-63-51-59(6)72(88-63)47-45-64-50-58(5)60(7)75(89-64)55-76-71(61(8)74(91-76)49-57(4)56-87-97(18,19)83(9,10)11)53-62(86)52-65-46-48-73-78(90-65)82(96-100(85(15,16)17,69-39-31-25-32-40-69)70-41-33-26-34-42-70)81-80(92-73)79(77(54-66)93-81)95-99(84(12,13)14,67-35-27-23-28-36-67)68-37-29-24-30-38-68/h23-44,57-58,61,63-66,71-82H,6-7,20-22,45-56H2,1-5,8-19H3/b44-43+/t57-,58+,61+,63-,64-,65+,66?,71?,72?,73-,74?,75?,76-,77+,78-,79-,80-,81+,82-/m0/s1. The normalized spacial score (nSPS) is 32.9. The maximum Gasteiger partial charge on any atom is 0.261 e. The Labute approximate surface area is 607 Å². The average molecular weight is 1440 g/mol. The Kier molecular flexibility index (Phi) is 24.5. The van der Waals surface area contributed by atoms with Gasteiger partial charge in [0.2, 0.25) is 0 Å². The van der Waals surface area contributed by atoms with Crippen LogP contribution in [0.4, 0.5) is 0 Å². The summed E-state index contributed by atoms with van der Waals surface area (Å²) in [5.74, 6) is 0.824. The van der Waals surface area contributed by atoms with Crippen LogP contribution in [0, 0.1) is 23.7 Å². The Morgan fingerprint density at radius 2 is 1.04 bits per heavy atom. The van der Waals surface area contributed by atoms with Gasteiger partial charge in [-0.25, -0.2) is 0 Å². The van der Waals surface area contributed by atoms with Crippen molar-refractivity contribution in [2.75, 3.05) is 6.61 Å². The van der Waals surface area contributed by atoms with Gasteiger partial charge in [-0.15, -0.1) is 0 Å². The van der Waals surface area contributed by atoms with E-state index in [2.05, 4.69) is 250 Å². The van der Waals surface area contributed by atoms with Crippen molar-refractivity contribution in [1.29, 1.82) is 0 Å². The summed E-state index contributed by atoms with van der Waals surface area (Å²) in [5, 5.41) is 4.07. The summed E-state index contributed by atoms with van der Waals surface area (Å²) in [6.07, 6.45) is 6.47. The van der Waals surface area contributed by atoms with Crippen LogP contribution >= 0.6 is 0 Å². The number of ether oxygens (including phenoxy) is 6. The zero-order chi connectivity index (χ0) is 71.7. The quantitative estimate of drug-likeness (QED) is 0.0702. The highest BCUT2D eigenvalue weighted by molar-refractivity contribution is 7.00. The van der Waals surface area contributed by atoms with E-state index in [4.69, 9.17) is 59.3 Å². The molecule has 6 saturated heterocycles. The van der Waals surface area contributed by atoms with Crippen LogP contribution in [0.25, 0.3) is 0 Å². The number of hydrogen-bond donors (Lipinski definition) is 0. The lowest BCUT2D eigenvalue weighted by atomic mass is 9.78. The Morgan fingerprint density at radius 3 is 1.57 bits per heavy atom. The number of hydrogen-bond acceptors (Lipinski definition) is 11. The molecule has 0 aromatic heterocycles. The van der Waals surface area contributed by atoms with Crippen molar-refractivity contribution in [2.24, 2.45) is 23.7 Å². The first kappa shape index (κ1) is 77.3. The van der Waals surface area contributed by atoms with Crippen molar-refractivity contribution in [2.45, 2.75) is 312 Å². The van der Waals surface area contributed by atoms with Crippen LogP contribution in [0.1, 0.15) is 174 Å². The van der Waals surface area contributed by atoms with E-state index in [-0.39, 0.29) is 94.8 Å². The van der Waals surface area contributed by atoms with Gasteiger partial charge in [-0.2, -0.15) is 0 Å². The third kappa shape index (κ3) is 16.3. The molecule has 4 aromatic carbocycles. The Balaban J connectivity index is 1.04. The molecule has 0 amide bonds. The number of fused-ring (bicyclic) bond motifs is 7. The van der Waals surface area contributed by atoms with Crippen LogP contribution in [-0.2, 0) is 50.9 Å². The highest BCUT2D eigenvalue weighted by atomic mass is 28.4. The lowest BCUT2D eigenvalue weighted by Gasteiger charge is -2.53. The zero-order valence-corrected chi connectivity index (χ0v) is 68.2. The molecule has 5 unspecified atom stereocenters. The SMILES string of the molecule is C=C1C[C@@H]2/C=C/C(O[Si](CC)(CC)CC)C[C@H]3O[C@H]4[C@@H](O[Si](c5ccccc5)(c5ccccc5)C(C)(C)C)[C@H]5O[C@H](CC[C@@H]5O[C@H]4[C@H]3O[Si](c3ccccc3)(c3ccccc3)C(C)(C)C)CC(=O)CC3[C@@H](C)C(C[C@H](C)CO[Si](C)(C)C(C)(C)C)O[C@H]3CC3O[C@@H](CCC1O2)C[C@@H](C)C3=C. The van der Waals surface area contributed by atoms with Crippen molar-refractivity contribution < 1.29 is 50.9 Å². The van der Waals surface area contributed by atoms with Crippen LogP contribution in [0.2, 0.25) is 46.3 Å². The van der Waals surface area contributed by atoms with Gasteiger partial charge >= 0.3 is 0 Å². The van der Waals surface area contributed by atoms with Crippen molar-refractivity contribution in [3.8, 4) is 0 Å². The molecule has 7 aliphatic rings. The van der Waals surface area contributed by atoms with E-state index in [0.29, 0.717) is 38.7 Å². The van der Waals surface area contributed by atoms with Crippen LogP contribution in [-0.4, -0.2) is 137 Å². The molecule has 11 nitrogen and oxygen atoms in total. The number of carbonyl (C=O) groups excluding carboxylic acids is 1. The average Bonchev–Trinajstić information content (AvgIpc) is 1.34. The molecule has 0 radical (unpaired) electrons. The maximum absolute atomic E-state index is 15.6. The van der Waals surface area contributed by atoms with Crippen LogP contribution < -0.4 is 20.7 Å².